The van der Waals surface area contributed by atoms with Crippen LogP contribution in [0.15, 0.2) is 12.1 Å². The van der Waals surface area contributed by atoms with Gasteiger partial charge in [-0.2, -0.15) is 0 Å². The SMILES string of the molecule is CC(=O)C1NC(=O)C1Cc1ccc(C)s1. The standard InChI is InChI=1S/C11H13NO2S/c1-6-3-4-8(15-6)5-9-10(7(2)13)12-11(9)14/h3-4,9-10H,5H2,1-2H3,(H,12,14). The van der Waals surface area contributed by atoms with E-state index >= 15 is 0 Å². The Kier molecular flexibility index (Phi) is 2.61. The van der Waals surface area contributed by atoms with Gasteiger partial charge in [-0.1, -0.05) is 0 Å². The van der Waals surface area contributed by atoms with Crippen LogP contribution in [0.1, 0.15) is 16.7 Å². The highest BCUT2D eigenvalue weighted by Crippen LogP contribution is 2.25. The van der Waals surface area contributed by atoms with Gasteiger partial charge in [0.1, 0.15) is 0 Å². The zero-order chi connectivity index (χ0) is 11.0. The molecule has 0 aliphatic carbocycles. The van der Waals surface area contributed by atoms with Gasteiger partial charge in [0.25, 0.3) is 0 Å². The maximum atomic E-state index is 11.3. The van der Waals surface area contributed by atoms with E-state index in [0.29, 0.717) is 6.42 Å². The van der Waals surface area contributed by atoms with Crippen molar-refractivity contribution in [3.63, 3.8) is 0 Å². The molecule has 2 rings (SSSR count). The monoisotopic (exact) mass is 223 g/mol. The van der Waals surface area contributed by atoms with E-state index in [2.05, 4.69) is 5.32 Å². The second-order valence-corrected chi connectivity index (χ2v) is 5.29. The van der Waals surface area contributed by atoms with Gasteiger partial charge in [-0.15, -0.1) is 11.3 Å². The van der Waals surface area contributed by atoms with E-state index in [0.717, 1.165) is 0 Å². The third-order valence-electron chi connectivity index (χ3n) is 2.69. The Bertz CT molecular complexity index is 410. The molecule has 2 unspecified atom stereocenters. The van der Waals surface area contributed by atoms with Crippen molar-refractivity contribution in [3.8, 4) is 0 Å². The molecule has 1 aromatic heterocycles. The maximum absolute atomic E-state index is 11.3. The van der Waals surface area contributed by atoms with Gasteiger partial charge in [0.05, 0.1) is 12.0 Å². The van der Waals surface area contributed by atoms with Crippen molar-refractivity contribution in [1.29, 1.82) is 0 Å². The smallest absolute Gasteiger partial charge is 0.226 e. The summed E-state index contributed by atoms with van der Waals surface area (Å²) in [5.41, 5.74) is 0. The molecule has 15 heavy (non-hydrogen) atoms. The summed E-state index contributed by atoms with van der Waals surface area (Å²) >= 11 is 1.69. The van der Waals surface area contributed by atoms with Gasteiger partial charge in [-0.05, 0) is 32.4 Å². The molecule has 0 bridgehead atoms. The van der Waals surface area contributed by atoms with Gasteiger partial charge < -0.3 is 5.32 Å². The Balaban J connectivity index is 2.05. The second kappa shape index (κ2) is 3.77. The van der Waals surface area contributed by atoms with Crippen molar-refractivity contribution in [1.82, 2.24) is 5.32 Å². The second-order valence-electron chi connectivity index (χ2n) is 3.92. The third-order valence-corrected chi connectivity index (χ3v) is 3.71. The normalized spacial score (nSPS) is 24.5. The van der Waals surface area contributed by atoms with Crippen LogP contribution in [0.2, 0.25) is 0 Å². The quantitative estimate of drug-likeness (QED) is 0.785. The number of carbonyl (C=O) groups excluding carboxylic acids is 2. The number of carbonyl (C=O) groups is 2. The summed E-state index contributed by atoms with van der Waals surface area (Å²) in [5, 5.41) is 2.64. The fourth-order valence-corrected chi connectivity index (χ4v) is 2.77. The molecule has 0 radical (unpaired) electrons. The van der Waals surface area contributed by atoms with Gasteiger partial charge in [-0.25, -0.2) is 0 Å². The number of aryl methyl sites for hydroxylation is 1. The topological polar surface area (TPSA) is 46.2 Å². The fourth-order valence-electron chi connectivity index (χ4n) is 1.82. The molecule has 2 heterocycles. The molecule has 1 aromatic rings. The minimum Gasteiger partial charge on any atom is -0.345 e. The van der Waals surface area contributed by atoms with E-state index < -0.39 is 0 Å². The van der Waals surface area contributed by atoms with Gasteiger partial charge in [-0.3, -0.25) is 9.59 Å². The van der Waals surface area contributed by atoms with Gasteiger partial charge in [0, 0.05) is 9.75 Å². The Labute approximate surface area is 92.5 Å². The minimum atomic E-state index is -0.264. The van der Waals surface area contributed by atoms with Crippen LogP contribution in [0.25, 0.3) is 0 Å². The maximum Gasteiger partial charge on any atom is 0.226 e. The van der Waals surface area contributed by atoms with Crippen LogP contribution in [0.3, 0.4) is 0 Å². The molecular formula is C11H13NO2S. The highest BCUT2D eigenvalue weighted by atomic mass is 32.1. The van der Waals surface area contributed by atoms with Crippen LogP contribution in [0.4, 0.5) is 0 Å². The molecule has 1 aliphatic rings. The summed E-state index contributed by atoms with van der Waals surface area (Å²) in [5.74, 6) is -0.102. The third kappa shape index (κ3) is 1.95. The Hall–Kier alpha value is -1.16. The zero-order valence-electron chi connectivity index (χ0n) is 8.74. The van der Waals surface area contributed by atoms with E-state index in [9.17, 15) is 9.59 Å². The zero-order valence-corrected chi connectivity index (χ0v) is 9.56. The summed E-state index contributed by atoms with van der Waals surface area (Å²) in [6, 6.07) is 3.81. The van der Waals surface area contributed by atoms with Crippen LogP contribution in [-0.2, 0) is 16.0 Å². The number of hydrogen-bond donors (Lipinski definition) is 1. The van der Waals surface area contributed by atoms with E-state index in [1.807, 2.05) is 19.1 Å². The number of thiophene rings is 1. The highest BCUT2D eigenvalue weighted by molar-refractivity contribution is 7.11. The van der Waals surface area contributed by atoms with Gasteiger partial charge in [0.2, 0.25) is 5.91 Å². The van der Waals surface area contributed by atoms with E-state index in [1.165, 1.54) is 16.7 Å². The molecule has 2 atom stereocenters. The first-order valence-electron chi connectivity index (χ1n) is 4.94. The summed E-state index contributed by atoms with van der Waals surface area (Å²) < 4.78 is 0. The van der Waals surface area contributed by atoms with Crippen molar-refractivity contribution in [2.75, 3.05) is 0 Å². The first-order chi connectivity index (χ1) is 7.08. The van der Waals surface area contributed by atoms with E-state index in [-0.39, 0.29) is 23.7 Å². The summed E-state index contributed by atoms with van der Waals surface area (Å²) in [4.78, 5) is 24.9. The number of β-lactam (4-membered cyclic amide) rings is 1. The van der Waals surface area contributed by atoms with Crippen LogP contribution in [0.5, 0.6) is 0 Å². The van der Waals surface area contributed by atoms with Crippen molar-refractivity contribution >= 4 is 23.0 Å². The molecule has 1 amide bonds. The van der Waals surface area contributed by atoms with Crippen molar-refractivity contribution < 1.29 is 9.59 Å². The first kappa shape index (κ1) is 10.4. The molecule has 3 nitrogen and oxygen atoms in total. The molecule has 4 heteroatoms. The molecule has 1 aliphatic heterocycles. The lowest BCUT2D eigenvalue weighted by molar-refractivity contribution is -0.141. The minimum absolute atomic E-state index is 0.00116. The molecule has 80 valence electrons. The van der Waals surface area contributed by atoms with Crippen molar-refractivity contribution in [2.45, 2.75) is 26.3 Å². The Morgan fingerprint density at radius 2 is 2.27 bits per heavy atom. The molecule has 0 saturated carbocycles. The number of ketones is 1. The summed E-state index contributed by atoms with van der Waals surface area (Å²) in [7, 11) is 0. The van der Waals surface area contributed by atoms with Gasteiger partial charge in [0.15, 0.2) is 5.78 Å². The highest BCUT2D eigenvalue weighted by Gasteiger charge is 2.41. The van der Waals surface area contributed by atoms with E-state index in [4.69, 9.17) is 0 Å². The lowest BCUT2D eigenvalue weighted by Crippen LogP contribution is -2.62. The fraction of sp³-hybridized carbons (Fsp3) is 0.455. The van der Waals surface area contributed by atoms with Crippen molar-refractivity contribution in [3.05, 3.63) is 21.9 Å². The number of Topliss-reactive ketones (excluding diaryl/α,β-unsaturated/α-hetero) is 1. The van der Waals surface area contributed by atoms with Crippen LogP contribution in [0, 0.1) is 12.8 Å². The van der Waals surface area contributed by atoms with Crippen LogP contribution in [-0.4, -0.2) is 17.7 Å². The van der Waals surface area contributed by atoms with Crippen LogP contribution < -0.4 is 5.32 Å². The predicted octanol–water partition coefficient (Wildman–Crippen LogP) is 1.30. The summed E-state index contributed by atoms with van der Waals surface area (Å²) in [6.07, 6.45) is 0.689. The largest absolute Gasteiger partial charge is 0.345 e. The van der Waals surface area contributed by atoms with Crippen molar-refractivity contribution in [2.24, 2.45) is 5.92 Å². The molecule has 1 saturated heterocycles. The average molecular weight is 223 g/mol. The Morgan fingerprint density at radius 1 is 1.53 bits per heavy atom. The average Bonchev–Trinajstić information content (AvgIpc) is 2.56. The molecular weight excluding hydrogens is 210 g/mol. The number of rotatable bonds is 3. The predicted molar refractivity (Wildman–Crippen MR) is 58.9 cm³/mol. The summed E-state index contributed by atoms with van der Waals surface area (Å²) in [6.45, 7) is 3.56. The number of hydrogen-bond acceptors (Lipinski definition) is 3. The van der Waals surface area contributed by atoms with Crippen LogP contribution >= 0.6 is 11.3 Å². The van der Waals surface area contributed by atoms with E-state index in [1.54, 1.807) is 11.3 Å². The Morgan fingerprint density at radius 3 is 2.73 bits per heavy atom. The molecule has 1 N–H and O–H groups in total. The molecule has 0 spiro atoms. The number of nitrogens with one attached hydrogen (secondary N) is 1. The lowest BCUT2D eigenvalue weighted by atomic mass is 9.85. The first-order valence-corrected chi connectivity index (χ1v) is 5.75. The lowest BCUT2D eigenvalue weighted by Gasteiger charge is -2.34. The van der Waals surface area contributed by atoms with Gasteiger partial charge >= 0.3 is 0 Å². The number of amides is 1. The molecule has 0 aromatic carbocycles. The molecule has 1 fully saturated rings.